The number of halogens is 1. The molecule has 0 radical (unpaired) electrons. The van der Waals surface area contributed by atoms with Crippen LogP contribution in [0.1, 0.15) is 28.1 Å². The van der Waals surface area contributed by atoms with E-state index in [1.165, 1.54) is 13.2 Å². The number of nitrogens with one attached hydrogen (secondary N) is 1. The van der Waals surface area contributed by atoms with Crippen LogP contribution in [0.4, 0.5) is 5.69 Å². The molecule has 32 heavy (non-hydrogen) atoms. The molecule has 2 aromatic carbocycles. The van der Waals surface area contributed by atoms with Crippen molar-refractivity contribution in [3.05, 3.63) is 69.6 Å². The monoisotopic (exact) mass is 456 g/mol. The number of ether oxygens (including phenoxy) is 3. The predicted octanol–water partition coefficient (Wildman–Crippen LogP) is 5.50. The molecular formula is C24H25ClN2O5. The van der Waals surface area contributed by atoms with Gasteiger partial charge in [0.1, 0.15) is 18.1 Å². The summed E-state index contributed by atoms with van der Waals surface area (Å²) in [5.41, 5.74) is 3.86. The summed E-state index contributed by atoms with van der Waals surface area (Å²) >= 11 is 6.11. The van der Waals surface area contributed by atoms with Gasteiger partial charge in [0.05, 0.1) is 31.2 Å². The van der Waals surface area contributed by atoms with Gasteiger partial charge in [-0.05, 0) is 56.2 Å². The van der Waals surface area contributed by atoms with Crippen molar-refractivity contribution in [2.75, 3.05) is 19.5 Å². The van der Waals surface area contributed by atoms with Crippen molar-refractivity contribution in [2.24, 2.45) is 0 Å². The smallest absolute Gasteiger partial charge is 0.248 e. The van der Waals surface area contributed by atoms with Crippen LogP contribution in [-0.4, -0.2) is 25.3 Å². The first-order valence-electron chi connectivity index (χ1n) is 9.88. The second-order valence-electron chi connectivity index (χ2n) is 7.13. The summed E-state index contributed by atoms with van der Waals surface area (Å²) in [6, 6.07) is 8.85. The number of amides is 1. The zero-order valence-electron chi connectivity index (χ0n) is 18.6. The molecule has 0 saturated heterocycles. The van der Waals surface area contributed by atoms with Crippen molar-refractivity contribution in [3.63, 3.8) is 0 Å². The summed E-state index contributed by atoms with van der Waals surface area (Å²) in [7, 11) is 3.08. The number of methoxy groups -OCH3 is 2. The maximum atomic E-state index is 12.4. The molecule has 1 N–H and O–H groups in total. The van der Waals surface area contributed by atoms with E-state index in [1.54, 1.807) is 37.5 Å². The van der Waals surface area contributed by atoms with Crippen LogP contribution in [0, 0.1) is 20.8 Å². The minimum Gasteiger partial charge on any atom is -0.495 e. The lowest BCUT2D eigenvalue weighted by Crippen LogP contribution is -2.09. The topological polar surface area (TPSA) is 82.8 Å². The molecule has 0 fully saturated rings. The van der Waals surface area contributed by atoms with Crippen LogP contribution in [0.5, 0.6) is 17.2 Å². The fraction of sp³-hybridized carbons (Fsp3) is 0.250. The highest BCUT2D eigenvalue weighted by Gasteiger charge is 2.12. The van der Waals surface area contributed by atoms with E-state index < -0.39 is 0 Å². The zero-order valence-corrected chi connectivity index (χ0v) is 19.4. The summed E-state index contributed by atoms with van der Waals surface area (Å²) in [4.78, 5) is 12.4. The van der Waals surface area contributed by atoms with E-state index in [0.29, 0.717) is 34.6 Å². The Labute approximate surface area is 191 Å². The van der Waals surface area contributed by atoms with Crippen LogP contribution in [0.2, 0.25) is 5.02 Å². The molecule has 3 rings (SSSR count). The number of hydrogen-bond acceptors (Lipinski definition) is 6. The number of anilines is 1. The van der Waals surface area contributed by atoms with Crippen molar-refractivity contribution in [1.82, 2.24) is 5.16 Å². The van der Waals surface area contributed by atoms with Crippen LogP contribution >= 0.6 is 11.6 Å². The largest absolute Gasteiger partial charge is 0.495 e. The van der Waals surface area contributed by atoms with Crippen LogP contribution in [0.25, 0.3) is 6.08 Å². The van der Waals surface area contributed by atoms with Crippen molar-refractivity contribution < 1.29 is 23.5 Å². The minimum atomic E-state index is -0.303. The maximum Gasteiger partial charge on any atom is 0.248 e. The SMILES string of the molecule is COc1cc(Cl)c(C)cc1NC(=O)/C=C/c1ccc(OCc2c(C)noc2C)c(OC)c1. The standard InChI is InChI=1S/C24H25ClN2O5/c1-14-10-20(22(29-4)12-19(14)25)26-24(28)9-7-17-6-8-21(23(11-17)30-5)31-13-18-15(2)27-32-16(18)3/h6-12H,13H2,1-5H3,(H,26,28)/b9-7+. The van der Waals surface area contributed by atoms with Gasteiger partial charge in [-0.15, -0.1) is 0 Å². The second kappa shape index (κ2) is 10.2. The molecule has 0 bridgehead atoms. The van der Waals surface area contributed by atoms with Gasteiger partial charge < -0.3 is 24.1 Å². The predicted molar refractivity (Wildman–Crippen MR) is 124 cm³/mol. The fourth-order valence-electron chi connectivity index (χ4n) is 3.04. The molecule has 0 aliphatic carbocycles. The summed E-state index contributed by atoms with van der Waals surface area (Å²) in [6.07, 6.45) is 3.12. The molecule has 168 valence electrons. The Morgan fingerprint density at radius 1 is 1.09 bits per heavy atom. The Bertz CT molecular complexity index is 1130. The second-order valence-corrected chi connectivity index (χ2v) is 7.53. The lowest BCUT2D eigenvalue weighted by atomic mass is 10.1. The zero-order chi connectivity index (χ0) is 23.3. The average Bonchev–Trinajstić information content (AvgIpc) is 3.10. The Morgan fingerprint density at radius 2 is 1.84 bits per heavy atom. The summed E-state index contributed by atoms with van der Waals surface area (Å²) in [5.74, 6) is 2.04. The van der Waals surface area contributed by atoms with Gasteiger partial charge in [-0.1, -0.05) is 22.8 Å². The number of benzene rings is 2. The van der Waals surface area contributed by atoms with E-state index in [4.69, 9.17) is 30.3 Å². The Hall–Kier alpha value is -3.45. The first kappa shape index (κ1) is 23.2. The molecule has 0 spiro atoms. The van der Waals surface area contributed by atoms with Crippen molar-refractivity contribution >= 4 is 29.3 Å². The highest BCUT2D eigenvalue weighted by Crippen LogP contribution is 2.32. The number of nitrogens with zero attached hydrogens (tertiary/aromatic N) is 1. The van der Waals surface area contributed by atoms with Crippen LogP contribution in [0.3, 0.4) is 0 Å². The Morgan fingerprint density at radius 3 is 2.50 bits per heavy atom. The van der Waals surface area contributed by atoms with Gasteiger partial charge in [0.25, 0.3) is 0 Å². The maximum absolute atomic E-state index is 12.4. The first-order chi connectivity index (χ1) is 15.3. The van der Waals surface area contributed by atoms with Gasteiger partial charge in [0.15, 0.2) is 11.5 Å². The van der Waals surface area contributed by atoms with Gasteiger partial charge in [-0.3, -0.25) is 4.79 Å². The molecule has 3 aromatic rings. The van der Waals surface area contributed by atoms with Crippen molar-refractivity contribution in [3.8, 4) is 17.2 Å². The lowest BCUT2D eigenvalue weighted by molar-refractivity contribution is -0.111. The summed E-state index contributed by atoms with van der Waals surface area (Å²) in [5, 5.41) is 7.30. The molecule has 0 atom stereocenters. The number of hydrogen-bond donors (Lipinski definition) is 1. The summed E-state index contributed by atoms with van der Waals surface area (Å²) < 4.78 is 21.8. The number of aryl methyl sites for hydroxylation is 3. The molecule has 1 heterocycles. The molecule has 0 unspecified atom stereocenters. The number of rotatable bonds is 8. The third kappa shape index (κ3) is 5.42. The third-order valence-corrected chi connectivity index (χ3v) is 5.31. The average molecular weight is 457 g/mol. The lowest BCUT2D eigenvalue weighted by Gasteiger charge is -2.12. The number of carbonyl (C=O) groups is 1. The Kier molecular flexibility index (Phi) is 7.43. The molecule has 8 heteroatoms. The quantitative estimate of drug-likeness (QED) is 0.450. The van der Waals surface area contributed by atoms with Crippen molar-refractivity contribution in [1.29, 1.82) is 0 Å². The van der Waals surface area contributed by atoms with Gasteiger partial charge in [-0.25, -0.2) is 0 Å². The fourth-order valence-corrected chi connectivity index (χ4v) is 3.19. The van der Waals surface area contributed by atoms with E-state index in [2.05, 4.69) is 10.5 Å². The summed E-state index contributed by atoms with van der Waals surface area (Å²) in [6.45, 7) is 5.88. The molecule has 7 nitrogen and oxygen atoms in total. The molecular weight excluding hydrogens is 432 g/mol. The highest BCUT2D eigenvalue weighted by molar-refractivity contribution is 6.31. The van der Waals surface area contributed by atoms with Gasteiger partial charge >= 0.3 is 0 Å². The number of aromatic nitrogens is 1. The van der Waals surface area contributed by atoms with Gasteiger partial charge in [0, 0.05) is 17.2 Å². The van der Waals surface area contributed by atoms with Crippen LogP contribution < -0.4 is 19.5 Å². The molecule has 0 aliphatic rings. The minimum absolute atomic E-state index is 0.303. The van der Waals surface area contributed by atoms with Gasteiger partial charge in [-0.2, -0.15) is 0 Å². The van der Waals surface area contributed by atoms with Crippen LogP contribution in [0.15, 0.2) is 40.9 Å². The normalized spacial score (nSPS) is 10.9. The van der Waals surface area contributed by atoms with E-state index >= 15 is 0 Å². The van der Waals surface area contributed by atoms with E-state index in [9.17, 15) is 4.79 Å². The number of carbonyl (C=O) groups excluding carboxylic acids is 1. The Balaban J connectivity index is 1.69. The highest BCUT2D eigenvalue weighted by atomic mass is 35.5. The van der Waals surface area contributed by atoms with E-state index in [-0.39, 0.29) is 5.91 Å². The molecule has 0 aliphatic heterocycles. The van der Waals surface area contributed by atoms with Crippen molar-refractivity contribution in [2.45, 2.75) is 27.4 Å². The molecule has 1 aromatic heterocycles. The molecule has 0 saturated carbocycles. The van der Waals surface area contributed by atoms with E-state index in [0.717, 1.165) is 28.1 Å². The third-order valence-electron chi connectivity index (χ3n) is 4.91. The molecule has 1 amide bonds. The van der Waals surface area contributed by atoms with Gasteiger partial charge in [0.2, 0.25) is 5.91 Å². The first-order valence-corrected chi connectivity index (χ1v) is 10.3. The van der Waals surface area contributed by atoms with E-state index in [1.807, 2.05) is 26.8 Å². The van der Waals surface area contributed by atoms with Crippen LogP contribution in [-0.2, 0) is 11.4 Å².